The fourth-order valence-corrected chi connectivity index (χ4v) is 6.85. The molecule has 200 valence electrons. The van der Waals surface area contributed by atoms with Gasteiger partial charge in [0.1, 0.15) is 17.3 Å². The largest absolute Gasteiger partial charge is 0.266 e. The predicted molar refractivity (Wildman–Crippen MR) is 142 cm³/mol. The third-order valence-corrected chi connectivity index (χ3v) is 8.65. The molecule has 39 heavy (non-hydrogen) atoms. The standard InChI is InChI=1S/C28H26F2N6O2S/c1-27(2)15-16-12-13-28(27,26-17(16)14-22(33-35-26)25-18(29)6-4-7-19(25)30)23-9-5-8-20(31-23)21-10-11-24(34-32-21)36-39(3,37)38/h4-11,14,16H,12-13,15H2,1-3H3,(H,34,36)/t16-,28+/m1/s1. The van der Waals surface area contributed by atoms with Crippen LogP contribution in [-0.4, -0.2) is 40.1 Å². The van der Waals surface area contributed by atoms with E-state index in [9.17, 15) is 17.2 Å². The number of hydrogen-bond acceptors (Lipinski definition) is 7. The molecule has 1 saturated carbocycles. The van der Waals surface area contributed by atoms with E-state index < -0.39 is 27.1 Å². The van der Waals surface area contributed by atoms with Crippen molar-refractivity contribution in [2.45, 2.75) is 44.4 Å². The number of anilines is 1. The van der Waals surface area contributed by atoms with E-state index in [0.717, 1.165) is 42.5 Å². The zero-order valence-corrected chi connectivity index (χ0v) is 22.4. The van der Waals surface area contributed by atoms with Crippen molar-refractivity contribution in [3.63, 3.8) is 0 Å². The average Bonchev–Trinajstić information content (AvgIpc) is 2.88. The van der Waals surface area contributed by atoms with Gasteiger partial charge in [0.05, 0.1) is 40.0 Å². The van der Waals surface area contributed by atoms with Gasteiger partial charge in [-0.3, -0.25) is 9.71 Å². The maximum absolute atomic E-state index is 14.6. The van der Waals surface area contributed by atoms with Gasteiger partial charge in [-0.25, -0.2) is 17.2 Å². The van der Waals surface area contributed by atoms with Crippen LogP contribution in [0.15, 0.2) is 54.6 Å². The van der Waals surface area contributed by atoms with Crippen LogP contribution in [0.2, 0.25) is 0 Å². The number of nitrogens with one attached hydrogen (secondary N) is 1. The summed E-state index contributed by atoms with van der Waals surface area (Å²) in [6.45, 7) is 4.40. The highest BCUT2D eigenvalue weighted by atomic mass is 32.2. The third kappa shape index (κ3) is 4.15. The van der Waals surface area contributed by atoms with E-state index in [1.807, 2.05) is 18.2 Å². The number of halogens is 2. The monoisotopic (exact) mass is 548 g/mol. The molecule has 2 bridgehead atoms. The highest BCUT2D eigenvalue weighted by molar-refractivity contribution is 7.92. The number of rotatable bonds is 5. The summed E-state index contributed by atoms with van der Waals surface area (Å²) >= 11 is 0. The molecule has 2 atom stereocenters. The lowest BCUT2D eigenvalue weighted by molar-refractivity contribution is 0.0812. The Bertz CT molecular complexity index is 1690. The first kappa shape index (κ1) is 25.4. The molecule has 0 unspecified atom stereocenters. The number of pyridine rings is 1. The average molecular weight is 549 g/mol. The number of hydrogen-bond donors (Lipinski definition) is 1. The van der Waals surface area contributed by atoms with Crippen molar-refractivity contribution in [2.75, 3.05) is 11.0 Å². The number of fused-ring (bicyclic) bond motifs is 2. The quantitative estimate of drug-likeness (QED) is 0.363. The highest BCUT2D eigenvalue weighted by Gasteiger charge is 2.59. The van der Waals surface area contributed by atoms with Crippen LogP contribution < -0.4 is 4.72 Å². The van der Waals surface area contributed by atoms with Crippen molar-refractivity contribution >= 4 is 15.8 Å². The van der Waals surface area contributed by atoms with Crippen molar-refractivity contribution in [2.24, 2.45) is 5.41 Å². The van der Waals surface area contributed by atoms with Gasteiger partial charge in [-0.05, 0) is 78.6 Å². The van der Waals surface area contributed by atoms with Crippen LogP contribution in [0.3, 0.4) is 0 Å². The van der Waals surface area contributed by atoms with Crippen LogP contribution in [0, 0.1) is 17.0 Å². The molecule has 1 N–H and O–H groups in total. The second-order valence-electron chi connectivity index (χ2n) is 10.9. The normalized spacial score (nSPS) is 21.4. The summed E-state index contributed by atoms with van der Waals surface area (Å²) in [7, 11) is -3.47. The van der Waals surface area contributed by atoms with E-state index >= 15 is 0 Å². The molecule has 4 aromatic rings. The second kappa shape index (κ2) is 8.84. The Morgan fingerprint density at radius 1 is 0.897 bits per heavy atom. The number of nitrogens with zero attached hydrogens (tertiary/aromatic N) is 5. The fourth-order valence-electron chi connectivity index (χ4n) is 6.36. The first-order valence-electron chi connectivity index (χ1n) is 12.6. The molecule has 3 aliphatic carbocycles. The Balaban J connectivity index is 1.45. The molecule has 3 heterocycles. The van der Waals surface area contributed by atoms with Gasteiger partial charge in [0, 0.05) is 0 Å². The Hall–Kier alpha value is -3.86. The molecule has 0 amide bonds. The minimum Gasteiger partial charge on any atom is -0.266 e. The summed E-state index contributed by atoms with van der Waals surface area (Å²) in [5.41, 5.74) is 2.86. The van der Waals surface area contributed by atoms with Gasteiger partial charge in [0.2, 0.25) is 10.0 Å². The SMILES string of the molecule is CC1(C)C[C@H]2CC[C@]1(c1cccc(-c3ccc(NS(C)(=O)=O)nn3)n1)c1nnc(-c3c(F)cccc3F)cc12. The lowest BCUT2D eigenvalue weighted by Crippen LogP contribution is -2.53. The summed E-state index contributed by atoms with van der Waals surface area (Å²) in [6, 6.07) is 14.5. The van der Waals surface area contributed by atoms with E-state index in [1.165, 1.54) is 24.3 Å². The van der Waals surface area contributed by atoms with E-state index in [2.05, 4.69) is 39.0 Å². The molecule has 1 fully saturated rings. The van der Waals surface area contributed by atoms with Crippen LogP contribution in [0.5, 0.6) is 0 Å². The van der Waals surface area contributed by atoms with E-state index in [0.29, 0.717) is 11.4 Å². The minimum absolute atomic E-state index is 0.119. The molecular weight excluding hydrogens is 522 g/mol. The van der Waals surface area contributed by atoms with Crippen molar-refractivity contribution in [1.82, 2.24) is 25.4 Å². The van der Waals surface area contributed by atoms with Gasteiger partial charge in [-0.15, -0.1) is 15.3 Å². The summed E-state index contributed by atoms with van der Waals surface area (Å²) < 4.78 is 54.5. The van der Waals surface area contributed by atoms with Gasteiger partial charge in [0.25, 0.3) is 0 Å². The molecule has 8 nitrogen and oxygen atoms in total. The molecule has 3 aliphatic rings. The first-order valence-corrected chi connectivity index (χ1v) is 14.5. The summed E-state index contributed by atoms with van der Waals surface area (Å²) in [6.07, 6.45) is 3.60. The van der Waals surface area contributed by atoms with Gasteiger partial charge < -0.3 is 0 Å². The summed E-state index contributed by atoms with van der Waals surface area (Å²) in [5.74, 6) is -1.03. The zero-order chi connectivity index (χ0) is 27.6. The van der Waals surface area contributed by atoms with Crippen LogP contribution in [-0.2, 0) is 15.4 Å². The molecule has 0 saturated heterocycles. The Labute approximate surface area is 225 Å². The Kier molecular flexibility index (Phi) is 5.76. The lowest BCUT2D eigenvalue weighted by Gasteiger charge is -2.56. The van der Waals surface area contributed by atoms with E-state index in [4.69, 9.17) is 4.98 Å². The Morgan fingerprint density at radius 3 is 2.28 bits per heavy atom. The number of benzene rings is 1. The highest BCUT2D eigenvalue weighted by Crippen LogP contribution is 2.64. The summed E-state index contributed by atoms with van der Waals surface area (Å²) in [4.78, 5) is 5.01. The smallest absolute Gasteiger partial charge is 0.231 e. The zero-order valence-electron chi connectivity index (χ0n) is 21.6. The molecular formula is C28H26F2N6O2S. The molecule has 0 aliphatic heterocycles. The lowest BCUT2D eigenvalue weighted by atomic mass is 9.47. The van der Waals surface area contributed by atoms with Crippen molar-refractivity contribution in [3.05, 3.63) is 83.2 Å². The third-order valence-electron chi connectivity index (χ3n) is 8.07. The summed E-state index contributed by atoms with van der Waals surface area (Å²) in [5, 5.41) is 17.1. The van der Waals surface area contributed by atoms with Gasteiger partial charge in [-0.2, -0.15) is 5.10 Å². The van der Waals surface area contributed by atoms with Crippen LogP contribution >= 0.6 is 0 Å². The molecule has 0 radical (unpaired) electrons. The first-order chi connectivity index (χ1) is 18.5. The van der Waals surface area contributed by atoms with E-state index in [1.54, 1.807) is 12.1 Å². The molecule has 11 heteroatoms. The molecule has 1 aromatic carbocycles. The van der Waals surface area contributed by atoms with Gasteiger partial charge in [-0.1, -0.05) is 26.0 Å². The number of aromatic nitrogens is 5. The minimum atomic E-state index is -3.47. The van der Waals surface area contributed by atoms with Crippen molar-refractivity contribution in [3.8, 4) is 22.6 Å². The van der Waals surface area contributed by atoms with E-state index in [-0.39, 0.29) is 28.4 Å². The number of sulfonamides is 1. The predicted octanol–water partition coefficient (Wildman–Crippen LogP) is 5.24. The fraction of sp³-hybridized carbons (Fsp3) is 0.321. The van der Waals surface area contributed by atoms with Crippen LogP contribution in [0.25, 0.3) is 22.6 Å². The second-order valence-corrected chi connectivity index (χ2v) is 12.7. The molecule has 3 aromatic heterocycles. The van der Waals surface area contributed by atoms with Gasteiger partial charge in [0.15, 0.2) is 5.82 Å². The topological polar surface area (TPSA) is 111 Å². The Morgan fingerprint density at radius 2 is 1.62 bits per heavy atom. The van der Waals surface area contributed by atoms with Crippen molar-refractivity contribution in [1.29, 1.82) is 0 Å². The maximum atomic E-state index is 14.6. The molecule has 7 rings (SSSR count). The van der Waals surface area contributed by atoms with Crippen LogP contribution in [0.1, 0.15) is 56.0 Å². The maximum Gasteiger partial charge on any atom is 0.231 e. The van der Waals surface area contributed by atoms with Crippen LogP contribution in [0.4, 0.5) is 14.6 Å². The van der Waals surface area contributed by atoms with Crippen molar-refractivity contribution < 1.29 is 17.2 Å². The van der Waals surface area contributed by atoms with Gasteiger partial charge >= 0.3 is 0 Å². The molecule has 0 spiro atoms.